The van der Waals surface area contributed by atoms with Crippen molar-refractivity contribution in [3.05, 3.63) is 0 Å². The van der Waals surface area contributed by atoms with Crippen molar-refractivity contribution in [3.8, 4) is 0 Å². The Morgan fingerprint density at radius 3 is 2.79 bits per heavy atom. The molecule has 1 spiro atoms. The Morgan fingerprint density at radius 2 is 2.11 bits per heavy atom. The third-order valence-corrected chi connectivity index (χ3v) is 4.76. The first-order valence-corrected chi connectivity index (χ1v) is 7.24. The van der Waals surface area contributed by atoms with Gasteiger partial charge in [0.15, 0.2) is 5.78 Å². The molecule has 2 aliphatic heterocycles. The molecule has 4 heteroatoms. The lowest BCUT2D eigenvalue weighted by Gasteiger charge is -2.38. The maximum absolute atomic E-state index is 12.5. The Hall–Kier alpha value is -0.900. The summed E-state index contributed by atoms with van der Waals surface area (Å²) in [6.07, 6.45) is 4.95. The lowest BCUT2D eigenvalue weighted by molar-refractivity contribution is -0.200. The molecule has 1 saturated carbocycles. The Labute approximate surface area is 113 Å². The summed E-state index contributed by atoms with van der Waals surface area (Å²) in [7, 11) is 0. The number of carbonyl (C=O) groups is 2. The van der Waals surface area contributed by atoms with Crippen molar-refractivity contribution in [1.29, 1.82) is 0 Å². The van der Waals surface area contributed by atoms with Crippen LogP contribution in [0.5, 0.6) is 0 Å². The lowest BCUT2D eigenvalue weighted by Crippen LogP contribution is -2.54. The topological polar surface area (TPSA) is 52.6 Å². The van der Waals surface area contributed by atoms with Crippen molar-refractivity contribution < 1.29 is 19.1 Å². The summed E-state index contributed by atoms with van der Waals surface area (Å²) in [5.74, 6) is -0.202. The predicted molar refractivity (Wildman–Crippen MR) is 68.6 cm³/mol. The van der Waals surface area contributed by atoms with Crippen LogP contribution in [0.15, 0.2) is 0 Å². The molecule has 4 nitrogen and oxygen atoms in total. The molecule has 3 aliphatic rings. The number of ether oxygens (including phenoxy) is 2. The maximum Gasteiger partial charge on any atom is 0.346 e. The van der Waals surface area contributed by atoms with Crippen molar-refractivity contribution in [2.45, 2.75) is 76.1 Å². The Balaban J connectivity index is 1.90. The van der Waals surface area contributed by atoms with Crippen LogP contribution in [-0.4, -0.2) is 28.6 Å². The largest absolute Gasteiger partial charge is 0.457 e. The highest BCUT2D eigenvalue weighted by molar-refractivity contribution is 6.08. The lowest BCUT2D eigenvalue weighted by atomic mass is 9.88. The Morgan fingerprint density at radius 1 is 1.37 bits per heavy atom. The van der Waals surface area contributed by atoms with Crippen LogP contribution in [0.2, 0.25) is 0 Å². The van der Waals surface area contributed by atoms with Crippen LogP contribution < -0.4 is 0 Å². The average molecular weight is 266 g/mol. The van der Waals surface area contributed by atoms with Gasteiger partial charge >= 0.3 is 5.97 Å². The third kappa shape index (κ3) is 1.83. The van der Waals surface area contributed by atoms with Crippen molar-refractivity contribution >= 4 is 11.8 Å². The molecule has 0 aromatic carbocycles. The molecule has 0 aromatic rings. The summed E-state index contributed by atoms with van der Waals surface area (Å²) in [5.41, 5.74) is -2.10. The van der Waals surface area contributed by atoms with Gasteiger partial charge in [-0.2, -0.15) is 0 Å². The highest BCUT2D eigenvalue weighted by Gasteiger charge is 2.67. The smallest absolute Gasteiger partial charge is 0.346 e. The van der Waals surface area contributed by atoms with Crippen molar-refractivity contribution in [3.63, 3.8) is 0 Å². The van der Waals surface area contributed by atoms with Crippen LogP contribution in [0.1, 0.15) is 59.3 Å². The molecule has 1 aliphatic carbocycles. The molecule has 0 amide bonds. The molecule has 0 N–H and O–H groups in total. The van der Waals surface area contributed by atoms with Gasteiger partial charge in [-0.25, -0.2) is 4.79 Å². The summed E-state index contributed by atoms with van der Waals surface area (Å²) >= 11 is 0. The van der Waals surface area contributed by atoms with E-state index in [4.69, 9.17) is 9.47 Å². The molecule has 2 heterocycles. The van der Waals surface area contributed by atoms with Gasteiger partial charge in [0.05, 0.1) is 5.60 Å². The number of Topliss-reactive ketones (excluding diaryl/α,β-unsaturated/α-hetero) is 1. The average Bonchev–Trinajstić information content (AvgIpc) is 2.74. The van der Waals surface area contributed by atoms with E-state index >= 15 is 0 Å². The van der Waals surface area contributed by atoms with Gasteiger partial charge in [-0.05, 0) is 46.0 Å². The van der Waals surface area contributed by atoms with Gasteiger partial charge in [-0.15, -0.1) is 0 Å². The number of esters is 1. The predicted octanol–water partition coefficient (Wildman–Crippen LogP) is 2.39. The minimum atomic E-state index is -1.30. The van der Waals surface area contributed by atoms with Gasteiger partial charge in [0.1, 0.15) is 5.60 Å². The van der Waals surface area contributed by atoms with E-state index in [1.54, 1.807) is 0 Å². The summed E-state index contributed by atoms with van der Waals surface area (Å²) < 4.78 is 11.5. The summed E-state index contributed by atoms with van der Waals surface area (Å²) in [4.78, 5) is 24.8. The summed E-state index contributed by atoms with van der Waals surface area (Å²) in [5, 5.41) is 0. The molecular formula is C15H22O4. The minimum absolute atomic E-state index is 0.0817. The van der Waals surface area contributed by atoms with Crippen molar-refractivity contribution in [2.24, 2.45) is 5.92 Å². The highest BCUT2D eigenvalue weighted by Crippen LogP contribution is 2.57. The number of ketones is 1. The molecule has 106 valence electrons. The molecule has 19 heavy (non-hydrogen) atoms. The normalized spacial score (nSPS) is 41.2. The molecule has 3 rings (SSSR count). The SMILES string of the molecule is CC(C)(C)OC(=O)[C@@]12C[C@@H]3CCC[C@@]3(CCC1=O)O2. The summed E-state index contributed by atoms with van der Waals surface area (Å²) in [6, 6.07) is 0. The van der Waals surface area contributed by atoms with Crippen LogP contribution in [0.4, 0.5) is 0 Å². The standard InChI is InChI=1S/C15H22O4/c1-13(2,3)18-12(17)15-9-10-5-4-7-14(10,19-15)8-6-11(15)16/h10H,4-9H2,1-3H3/t10-,14-,15+/m0/s1. The number of rotatable bonds is 1. The molecule has 3 fully saturated rings. The summed E-state index contributed by atoms with van der Waals surface area (Å²) in [6.45, 7) is 5.46. The van der Waals surface area contributed by atoms with Gasteiger partial charge in [-0.1, -0.05) is 6.42 Å². The van der Waals surface area contributed by atoms with E-state index in [0.717, 1.165) is 25.7 Å². The number of carbonyl (C=O) groups excluding carboxylic acids is 2. The van der Waals surface area contributed by atoms with E-state index in [1.807, 2.05) is 20.8 Å². The van der Waals surface area contributed by atoms with Gasteiger partial charge in [0.25, 0.3) is 0 Å². The van der Waals surface area contributed by atoms with Crippen LogP contribution >= 0.6 is 0 Å². The molecule has 3 atom stereocenters. The second-order valence-electron chi connectivity index (χ2n) is 7.21. The molecule has 2 saturated heterocycles. The van der Waals surface area contributed by atoms with E-state index in [9.17, 15) is 9.59 Å². The van der Waals surface area contributed by atoms with E-state index in [-0.39, 0.29) is 11.4 Å². The number of hydrogen-bond donors (Lipinski definition) is 0. The fourth-order valence-electron chi connectivity index (χ4n) is 3.95. The monoisotopic (exact) mass is 266 g/mol. The maximum atomic E-state index is 12.5. The number of fused-ring (bicyclic) bond motifs is 1. The molecule has 0 radical (unpaired) electrons. The zero-order chi connectivity index (χ0) is 13.9. The number of hydrogen-bond acceptors (Lipinski definition) is 4. The van der Waals surface area contributed by atoms with Crippen LogP contribution in [0.25, 0.3) is 0 Å². The first-order chi connectivity index (χ1) is 8.78. The van der Waals surface area contributed by atoms with Crippen LogP contribution in [-0.2, 0) is 19.1 Å². The van der Waals surface area contributed by atoms with Gasteiger partial charge in [0.2, 0.25) is 5.60 Å². The zero-order valence-electron chi connectivity index (χ0n) is 12.0. The van der Waals surface area contributed by atoms with E-state index in [1.165, 1.54) is 0 Å². The van der Waals surface area contributed by atoms with Crippen molar-refractivity contribution in [1.82, 2.24) is 0 Å². The van der Waals surface area contributed by atoms with E-state index in [0.29, 0.717) is 18.8 Å². The highest BCUT2D eigenvalue weighted by atomic mass is 16.6. The fraction of sp³-hybridized carbons (Fsp3) is 0.867. The van der Waals surface area contributed by atoms with Gasteiger partial charge in [-0.3, -0.25) is 4.79 Å². The molecule has 0 aromatic heterocycles. The first kappa shape index (κ1) is 13.1. The van der Waals surface area contributed by atoms with Crippen LogP contribution in [0.3, 0.4) is 0 Å². The fourth-order valence-corrected chi connectivity index (χ4v) is 3.95. The van der Waals surface area contributed by atoms with E-state index < -0.39 is 17.2 Å². The van der Waals surface area contributed by atoms with Crippen molar-refractivity contribution in [2.75, 3.05) is 0 Å². The third-order valence-electron chi connectivity index (χ3n) is 4.76. The Bertz CT molecular complexity index is 436. The minimum Gasteiger partial charge on any atom is -0.457 e. The van der Waals surface area contributed by atoms with E-state index in [2.05, 4.69) is 0 Å². The van der Waals surface area contributed by atoms with Crippen LogP contribution in [0, 0.1) is 5.92 Å². The second-order valence-corrected chi connectivity index (χ2v) is 7.21. The second kappa shape index (κ2) is 3.81. The first-order valence-electron chi connectivity index (χ1n) is 7.24. The molecular weight excluding hydrogens is 244 g/mol. The quantitative estimate of drug-likeness (QED) is 0.540. The van der Waals surface area contributed by atoms with Gasteiger partial charge < -0.3 is 9.47 Å². The Kier molecular flexibility index (Phi) is 2.63. The molecule has 0 unspecified atom stereocenters. The van der Waals surface area contributed by atoms with Gasteiger partial charge in [0, 0.05) is 12.8 Å². The zero-order valence-corrected chi connectivity index (χ0v) is 12.0. The molecule has 2 bridgehead atoms.